The van der Waals surface area contributed by atoms with Gasteiger partial charge in [0.2, 0.25) is 5.91 Å². The summed E-state index contributed by atoms with van der Waals surface area (Å²) in [4.78, 5) is 15.7. The number of rotatable bonds is 6. The average molecular weight is 324 g/mol. The summed E-state index contributed by atoms with van der Waals surface area (Å²) in [5.74, 6) is 0.625. The van der Waals surface area contributed by atoms with E-state index in [0.29, 0.717) is 24.9 Å². The van der Waals surface area contributed by atoms with Gasteiger partial charge in [-0.25, -0.2) is 0 Å². The zero-order valence-electron chi connectivity index (χ0n) is 12.8. The van der Waals surface area contributed by atoms with Crippen molar-refractivity contribution in [3.8, 4) is 0 Å². The molecule has 0 aromatic carbocycles. The van der Waals surface area contributed by atoms with Gasteiger partial charge in [0.1, 0.15) is 0 Å². The molecule has 0 bridgehead atoms. The van der Waals surface area contributed by atoms with Gasteiger partial charge in [-0.05, 0) is 17.9 Å². The highest BCUT2D eigenvalue weighted by Gasteiger charge is 2.31. The fourth-order valence-electron chi connectivity index (χ4n) is 3.21. The van der Waals surface area contributed by atoms with E-state index >= 15 is 0 Å². The van der Waals surface area contributed by atoms with Crippen LogP contribution >= 0.6 is 11.3 Å². The van der Waals surface area contributed by atoms with E-state index in [-0.39, 0.29) is 5.91 Å². The maximum Gasteiger partial charge on any atom is 0.225 e. The molecule has 1 aromatic rings. The predicted octanol–water partition coefficient (Wildman–Crippen LogP) is 1.14. The number of nitrogens with zero attached hydrogens (tertiary/aromatic N) is 1. The van der Waals surface area contributed by atoms with E-state index in [1.165, 1.54) is 0 Å². The monoisotopic (exact) mass is 324 g/mol. The van der Waals surface area contributed by atoms with Crippen molar-refractivity contribution in [3.63, 3.8) is 0 Å². The first-order chi connectivity index (χ1) is 10.8. The molecule has 22 heavy (non-hydrogen) atoms. The zero-order valence-corrected chi connectivity index (χ0v) is 13.6. The summed E-state index contributed by atoms with van der Waals surface area (Å²) in [6, 6.07) is 4.35. The number of hydrogen-bond donors (Lipinski definition) is 1. The van der Waals surface area contributed by atoms with E-state index in [4.69, 9.17) is 9.47 Å². The van der Waals surface area contributed by atoms with Gasteiger partial charge in [-0.15, -0.1) is 11.3 Å². The smallest absolute Gasteiger partial charge is 0.225 e. The van der Waals surface area contributed by atoms with Gasteiger partial charge in [0.05, 0.1) is 26.2 Å². The molecule has 122 valence electrons. The second kappa shape index (κ2) is 8.06. The van der Waals surface area contributed by atoms with Crippen molar-refractivity contribution in [2.45, 2.75) is 18.9 Å². The molecule has 3 rings (SSSR count). The summed E-state index contributed by atoms with van der Waals surface area (Å²) >= 11 is 1.63. The third-order valence-corrected chi connectivity index (χ3v) is 5.32. The summed E-state index contributed by atoms with van der Waals surface area (Å²) in [6.45, 7) is 5.82. The Bertz CT molecular complexity index is 454. The van der Waals surface area contributed by atoms with Crippen LogP contribution in [-0.4, -0.2) is 62.9 Å². The molecule has 2 aliphatic rings. The second-order valence-corrected chi connectivity index (χ2v) is 6.93. The molecule has 2 atom stereocenters. The Labute approximate surface area is 135 Å². The van der Waals surface area contributed by atoms with E-state index in [0.717, 1.165) is 50.8 Å². The topological polar surface area (TPSA) is 50.8 Å². The zero-order chi connectivity index (χ0) is 15.2. The second-order valence-electron chi connectivity index (χ2n) is 5.90. The van der Waals surface area contributed by atoms with Crippen LogP contribution in [0.3, 0.4) is 0 Å². The Morgan fingerprint density at radius 3 is 2.91 bits per heavy atom. The van der Waals surface area contributed by atoms with Gasteiger partial charge < -0.3 is 14.8 Å². The van der Waals surface area contributed by atoms with Gasteiger partial charge in [0.15, 0.2) is 0 Å². The van der Waals surface area contributed by atoms with E-state index in [2.05, 4.69) is 10.2 Å². The molecule has 1 N–H and O–H groups in total. The lowest BCUT2D eigenvalue weighted by Gasteiger charge is -2.37. The Balaban J connectivity index is 1.53. The molecule has 0 radical (unpaired) electrons. The third kappa shape index (κ3) is 4.29. The Kier molecular flexibility index (Phi) is 5.83. The Morgan fingerprint density at radius 2 is 2.23 bits per heavy atom. The molecule has 2 saturated heterocycles. The molecule has 5 nitrogen and oxygen atoms in total. The summed E-state index contributed by atoms with van der Waals surface area (Å²) < 4.78 is 11.0. The van der Waals surface area contributed by atoms with Crippen LogP contribution in [0, 0.1) is 5.92 Å². The van der Waals surface area contributed by atoms with Crippen molar-refractivity contribution in [2.24, 2.45) is 5.92 Å². The molecule has 1 aromatic heterocycles. The summed E-state index contributed by atoms with van der Waals surface area (Å²) in [6.07, 6.45) is 1.57. The Morgan fingerprint density at radius 1 is 1.36 bits per heavy atom. The van der Waals surface area contributed by atoms with Crippen LogP contribution in [0.5, 0.6) is 0 Å². The van der Waals surface area contributed by atoms with Crippen LogP contribution in [0.2, 0.25) is 0 Å². The fourth-order valence-corrected chi connectivity index (χ4v) is 3.92. The highest BCUT2D eigenvalue weighted by molar-refractivity contribution is 7.10. The van der Waals surface area contributed by atoms with Gasteiger partial charge in [0.25, 0.3) is 0 Å². The standard InChI is InChI=1S/C16H24N2O3S/c19-16(10-14-2-1-9-22-14)17-11-15(13-3-6-21-12-13)18-4-7-20-8-5-18/h1-2,9,13,15H,3-8,10-12H2,(H,17,19)/t13-,15+/m1/s1. The minimum atomic E-state index is 0.111. The molecule has 0 aliphatic carbocycles. The van der Waals surface area contributed by atoms with Gasteiger partial charge >= 0.3 is 0 Å². The number of hydrogen-bond acceptors (Lipinski definition) is 5. The summed E-state index contributed by atoms with van der Waals surface area (Å²) in [5.41, 5.74) is 0. The molecule has 2 fully saturated rings. The quantitative estimate of drug-likeness (QED) is 0.853. The molecule has 0 spiro atoms. The predicted molar refractivity (Wildman–Crippen MR) is 86.1 cm³/mol. The van der Waals surface area contributed by atoms with Gasteiger partial charge in [0, 0.05) is 43.1 Å². The molecular formula is C16H24N2O3S. The lowest BCUT2D eigenvalue weighted by atomic mass is 9.97. The van der Waals surface area contributed by atoms with Crippen molar-refractivity contribution < 1.29 is 14.3 Å². The van der Waals surface area contributed by atoms with Gasteiger partial charge in [-0.1, -0.05) is 6.07 Å². The average Bonchev–Trinajstić information content (AvgIpc) is 3.22. The Hall–Kier alpha value is -0.950. The number of carbonyl (C=O) groups excluding carboxylic acids is 1. The van der Waals surface area contributed by atoms with E-state index in [9.17, 15) is 4.79 Å². The van der Waals surface area contributed by atoms with Gasteiger partial charge in [-0.3, -0.25) is 9.69 Å². The number of amides is 1. The highest BCUT2D eigenvalue weighted by Crippen LogP contribution is 2.22. The van der Waals surface area contributed by atoms with Crippen LogP contribution in [0.4, 0.5) is 0 Å². The maximum absolute atomic E-state index is 12.1. The number of thiophene rings is 1. The molecule has 6 heteroatoms. The number of morpholine rings is 1. The lowest BCUT2D eigenvalue weighted by Crippen LogP contribution is -2.52. The maximum atomic E-state index is 12.1. The molecular weight excluding hydrogens is 300 g/mol. The van der Waals surface area contributed by atoms with Crippen LogP contribution in [0.25, 0.3) is 0 Å². The molecule has 0 unspecified atom stereocenters. The van der Waals surface area contributed by atoms with E-state index in [1.54, 1.807) is 11.3 Å². The largest absolute Gasteiger partial charge is 0.381 e. The normalized spacial score (nSPS) is 24.3. The molecule has 0 saturated carbocycles. The first-order valence-corrected chi connectivity index (χ1v) is 8.89. The first kappa shape index (κ1) is 15.9. The SMILES string of the molecule is O=C(Cc1cccs1)NC[C@@H]([C@@H]1CCOC1)N1CCOCC1. The molecule has 3 heterocycles. The van der Waals surface area contributed by atoms with Crippen LogP contribution in [0.1, 0.15) is 11.3 Å². The number of carbonyl (C=O) groups is 1. The minimum Gasteiger partial charge on any atom is -0.381 e. The van der Waals surface area contributed by atoms with Crippen molar-refractivity contribution in [1.82, 2.24) is 10.2 Å². The van der Waals surface area contributed by atoms with Crippen molar-refractivity contribution >= 4 is 17.2 Å². The van der Waals surface area contributed by atoms with E-state index in [1.807, 2.05) is 17.5 Å². The number of ether oxygens (including phenoxy) is 2. The van der Waals surface area contributed by atoms with Gasteiger partial charge in [-0.2, -0.15) is 0 Å². The van der Waals surface area contributed by atoms with Crippen molar-refractivity contribution in [3.05, 3.63) is 22.4 Å². The minimum absolute atomic E-state index is 0.111. The first-order valence-electron chi connectivity index (χ1n) is 8.01. The highest BCUT2D eigenvalue weighted by atomic mass is 32.1. The van der Waals surface area contributed by atoms with Crippen molar-refractivity contribution in [2.75, 3.05) is 46.1 Å². The van der Waals surface area contributed by atoms with Crippen LogP contribution in [-0.2, 0) is 20.7 Å². The lowest BCUT2D eigenvalue weighted by molar-refractivity contribution is -0.120. The molecule has 2 aliphatic heterocycles. The van der Waals surface area contributed by atoms with E-state index < -0.39 is 0 Å². The number of nitrogens with one attached hydrogen (secondary N) is 1. The fraction of sp³-hybridized carbons (Fsp3) is 0.688. The molecule has 1 amide bonds. The third-order valence-electron chi connectivity index (χ3n) is 4.45. The summed E-state index contributed by atoms with van der Waals surface area (Å²) in [5, 5.41) is 5.13. The summed E-state index contributed by atoms with van der Waals surface area (Å²) in [7, 11) is 0. The van der Waals surface area contributed by atoms with Crippen LogP contribution in [0.15, 0.2) is 17.5 Å². The van der Waals surface area contributed by atoms with Crippen molar-refractivity contribution in [1.29, 1.82) is 0 Å². The van der Waals surface area contributed by atoms with Crippen LogP contribution < -0.4 is 5.32 Å².